The first-order valence-electron chi connectivity index (χ1n) is 7.11. The fraction of sp³-hybridized carbons (Fsp3) is 0.500. The summed E-state index contributed by atoms with van der Waals surface area (Å²) in [7, 11) is 1.86. The van der Waals surface area contributed by atoms with Gasteiger partial charge in [-0.15, -0.1) is 0 Å². The van der Waals surface area contributed by atoms with E-state index in [1.54, 1.807) is 6.20 Å². The number of carbonyl (C=O) groups is 2. The second-order valence-corrected chi connectivity index (χ2v) is 4.93. The molecule has 7 nitrogen and oxygen atoms in total. The van der Waals surface area contributed by atoms with Crippen molar-refractivity contribution in [1.29, 1.82) is 0 Å². The zero-order chi connectivity index (χ0) is 15.1. The van der Waals surface area contributed by atoms with Gasteiger partial charge in [-0.25, -0.2) is 4.98 Å². The highest BCUT2D eigenvalue weighted by Gasteiger charge is 2.17. The third-order valence-corrected chi connectivity index (χ3v) is 3.22. The molecule has 1 aromatic rings. The fourth-order valence-corrected chi connectivity index (χ4v) is 2.13. The molecular formula is C14H21N5O2. The van der Waals surface area contributed by atoms with Crippen molar-refractivity contribution in [3.8, 4) is 0 Å². The zero-order valence-corrected chi connectivity index (χ0v) is 12.2. The van der Waals surface area contributed by atoms with Crippen LogP contribution >= 0.6 is 0 Å². The van der Waals surface area contributed by atoms with Gasteiger partial charge in [0.25, 0.3) is 0 Å². The Kier molecular flexibility index (Phi) is 5.51. The quantitative estimate of drug-likeness (QED) is 0.640. The van der Waals surface area contributed by atoms with Crippen molar-refractivity contribution in [1.82, 2.24) is 15.6 Å². The first-order valence-corrected chi connectivity index (χ1v) is 7.11. The molecule has 0 spiro atoms. The fourth-order valence-electron chi connectivity index (χ4n) is 2.13. The van der Waals surface area contributed by atoms with Crippen molar-refractivity contribution in [2.24, 2.45) is 0 Å². The lowest BCUT2D eigenvalue weighted by Crippen LogP contribution is -2.48. The summed E-state index contributed by atoms with van der Waals surface area (Å²) >= 11 is 0. The SMILES string of the molecule is CNCCCC(=O)Nc1ccc(N2CCNC(=O)C2)nc1. The van der Waals surface area contributed by atoms with Gasteiger partial charge in [0.1, 0.15) is 5.82 Å². The van der Waals surface area contributed by atoms with Crippen molar-refractivity contribution in [2.45, 2.75) is 12.8 Å². The third-order valence-electron chi connectivity index (χ3n) is 3.22. The van der Waals surface area contributed by atoms with E-state index in [1.807, 2.05) is 24.1 Å². The maximum Gasteiger partial charge on any atom is 0.239 e. The molecule has 0 radical (unpaired) electrons. The minimum absolute atomic E-state index is 0.00460. The predicted octanol–water partition coefficient (Wildman–Crippen LogP) is -0.0441. The first-order chi connectivity index (χ1) is 10.2. The topological polar surface area (TPSA) is 86.4 Å². The van der Waals surface area contributed by atoms with Crippen LogP contribution in [0.3, 0.4) is 0 Å². The van der Waals surface area contributed by atoms with E-state index in [4.69, 9.17) is 0 Å². The van der Waals surface area contributed by atoms with Crippen molar-refractivity contribution >= 4 is 23.3 Å². The Bertz CT molecular complexity index is 489. The lowest BCUT2D eigenvalue weighted by Gasteiger charge is -2.27. The standard InChI is InChI=1S/C14H21N5O2/c1-15-6-2-3-13(20)18-11-4-5-12(17-9-11)19-8-7-16-14(21)10-19/h4-5,9,15H,2-3,6-8,10H2,1H3,(H,16,21)(H,18,20). The Balaban J connectivity index is 1.86. The summed E-state index contributed by atoms with van der Waals surface area (Å²) < 4.78 is 0. The molecule has 0 unspecified atom stereocenters. The Morgan fingerprint density at radius 2 is 2.33 bits per heavy atom. The maximum atomic E-state index is 11.7. The molecule has 1 aliphatic rings. The van der Waals surface area contributed by atoms with Crippen LogP contribution in [0.15, 0.2) is 18.3 Å². The van der Waals surface area contributed by atoms with E-state index in [1.165, 1.54) is 0 Å². The highest BCUT2D eigenvalue weighted by atomic mass is 16.2. The van der Waals surface area contributed by atoms with Gasteiger partial charge >= 0.3 is 0 Å². The van der Waals surface area contributed by atoms with E-state index in [2.05, 4.69) is 20.9 Å². The molecule has 1 aromatic heterocycles. The Hall–Kier alpha value is -2.15. The van der Waals surface area contributed by atoms with E-state index in [9.17, 15) is 9.59 Å². The molecule has 1 saturated heterocycles. The summed E-state index contributed by atoms with van der Waals surface area (Å²) in [6.45, 7) is 2.52. The largest absolute Gasteiger partial charge is 0.353 e. The van der Waals surface area contributed by atoms with Crippen LogP contribution in [0.1, 0.15) is 12.8 Å². The summed E-state index contributed by atoms with van der Waals surface area (Å²) in [5.41, 5.74) is 0.676. The molecule has 0 atom stereocenters. The van der Waals surface area contributed by atoms with Gasteiger partial charge in [0.05, 0.1) is 18.4 Å². The molecule has 114 valence electrons. The predicted molar refractivity (Wildman–Crippen MR) is 81.3 cm³/mol. The highest BCUT2D eigenvalue weighted by Crippen LogP contribution is 2.15. The molecule has 3 N–H and O–H groups in total. The number of nitrogens with one attached hydrogen (secondary N) is 3. The first kappa shape index (κ1) is 15.2. The number of pyridine rings is 1. The molecule has 7 heteroatoms. The summed E-state index contributed by atoms with van der Waals surface area (Å²) in [6.07, 6.45) is 2.91. The van der Waals surface area contributed by atoms with E-state index >= 15 is 0 Å². The van der Waals surface area contributed by atoms with E-state index in [0.29, 0.717) is 25.2 Å². The van der Waals surface area contributed by atoms with Gasteiger partial charge in [-0.1, -0.05) is 0 Å². The summed E-state index contributed by atoms with van der Waals surface area (Å²) in [6, 6.07) is 3.63. The highest BCUT2D eigenvalue weighted by molar-refractivity contribution is 5.90. The van der Waals surface area contributed by atoms with Crippen LogP contribution in [-0.2, 0) is 9.59 Å². The molecule has 0 aromatic carbocycles. The minimum Gasteiger partial charge on any atom is -0.353 e. The normalized spacial score (nSPS) is 14.7. The molecule has 1 fully saturated rings. The maximum absolute atomic E-state index is 11.7. The molecule has 1 aliphatic heterocycles. The van der Waals surface area contributed by atoms with Gasteiger partial charge in [0, 0.05) is 19.5 Å². The molecule has 2 heterocycles. The Morgan fingerprint density at radius 1 is 1.48 bits per heavy atom. The molecule has 2 amide bonds. The number of amides is 2. The van der Waals surface area contributed by atoms with Gasteiger partial charge in [-0.3, -0.25) is 9.59 Å². The number of aromatic nitrogens is 1. The number of piperazine rings is 1. The van der Waals surface area contributed by atoms with Gasteiger partial charge in [0.2, 0.25) is 11.8 Å². The molecule has 0 aliphatic carbocycles. The van der Waals surface area contributed by atoms with Crippen LogP contribution < -0.4 is 20.9 Å². The summed E-state index contributed by atoms with van der Waals surface area (Å²) in [5, 5.41) is 8.59. The van der Waals surface area contributed by atoms with Crippen molar-refractivity contribution in [3.63, 3.8) is 0 Å². The average Bonchev–Trinajstić information content (AvgIpc) is 2.48. The summed E-state index contributed by atoms with van der Waals surface area (Å²) in [4.78, 5) is 29.2. The van der Waals surface area contributed by atoms with Crippen LogP contribution in [0, 0.1) is 0 Å². The number of nitrogens with zero attached hydrogens (tertiary/aromatic N) is 2. The van der Waals surface area contributed by atoms with Gasteiger partial charge in [0.15, 0.2) is 0 Å². The molecule has 2 rings (SSSR count). The molecule has 21 heavy (non-hydrogen) atoms. The van der Waals surface area contributed by atoms with Crippen molar-refractivity contribution in [3.05, 3.63) is 18.3 Å². The molecule has 0 bridgehead atoms. The van der Waals surface area contributed by atoms with Gasteiger partial charge < -0.3 is 20.9 Å². The zero-order valence-electron chi connectivity index (χ0n) is 12.2. The molecule has 0 saturated carbocycles. The van der Waals surface area contributed by atoms with Crippen LogP contribution in [0.25, 0.3) is 0 Å². The Morgan fingerprint density at radius 3 is 3.00 bits per heavy atom. The van der Waals surface area contributed by atoms with Crippen LogP contribution in [-0.4, -0.2) is 50.0 Å². The van der Waals surface area contributed by atoms with Crippen molar-refractivity contribution < 1.29 is 9.59 Å². The minimum atomic E-state index is -0.0165. The van der Waals surface area contributed by atoms with E-state index in [0.717, 1.165) is 25.3 Å². The number of hydrogen-bond acceptors (Lipinski definition) is 5. The third kappa shape index (κ3) is 4.71. The monoisotopic (exact) mass is 291 g/mol. The molecular weight excluding hydrogens is 270 g/mol. The van der Waals surface area contributed by atoms with E-state index in [-0.39, 0.29) is 11.8 Å². The average molecular weight is 291 g/mol. The second kappa shape index (κ2) is 7.58. The van der Waals surface area contributed by atoms with E-state index < -0.39 is 0 Å². The van der Waals surface area contributed by atoms with Gasteiger partial charge in [-0.05, 0) is 32.1 Å². The number of carbonyl (C=O) groups excluding carboxylic acids is 2. The van der Waals surface area contributed by atoms with Crippen LogP contribution in [0.5, 0.6) is 0 Å². The van der Waals surface area contributed by atoms with Crippen molar-refractivity contribution in [2.75, 3.05) is 43.4 Å². The number of anilines is 2. The Labute approximate surface area is 124 Å². The summed E-state index contributed by atoms with van der Waals surface area (Å²) in [5.74, 6) is 0.736. The van der Waals surface area contributed by atoms with Crippen LogP contribution in [0.2, 0.25) is 0 Å². The smallest absolute Gasteiger partial charge is 0.239 e. The lowest BCUT2D eigenvalue weighted by molar-refractivity contribution is -0.120. The number of hydrogen-bond donors (Lipinski definition) is 3. The number of rotatable bonds is 6. The van der Waals surface area contributed by atoms with Crippen LogP contribution in [0.4, 0.5) is 11.5 Å². The lowest BCUT2D eigenvalue weighted by atomic mass is 10.3. The second-order valence-electron chi connectivity index (χ2n) is 4.93. The van der Waals surface area contributed by atoms with Gasteiger partial charge in [-0.2, -0.15) is 0 Å².